The molecule has 1 N–H and O–H groups in total. The Labute approximate surface area is 120 Å². The van der Waals surface area contributed by atoms with Gasteiger partial charge in [0, 0.05) is 0 Å². The van der Waals surface area contributed by atoms with E-state index < -0.39 is 6.10 Å². The van der Waals surface area contributed by atoms with Gasteiger partial charge in [-0.1, -0.05) is 44.2 Å². The summed E-state index contributed by atoms with van der Waals surface area (Å²) in [5.41, 5.74) is 3.61. The molecule has 0 aromatic heterocycles. The minimum atomic E-state index is -0.706. The summed E-state index contributed by atoms with van der Waals surface area (Å²) in [7, 11) is 0. The van der Waals surface area contributed by atoms with Gasteiger partial charge in [0.2, 0.25) is 0 Å². The summed E-state index contributed by atoms with van der Waals surface area (Å²) >= 11 is 0. The zero-order valence-electron chi connectivity index (χ0n) is 12.2. The Bertz CT molecular complexity index is 590. The molecule has 0 saturated heterocycles. The van der Waals surface area contributed by atoms with Crippen LogP contribution in [0, 0.1) is 18.7 Å². The summed E-state index contributed by atoms with van der Waals surface area (Å²) < 4.78 is 13.1. The molecule has 0 spiro atoms. The molecule has 20 heavy (non-hydrogen) atoms. The van der Waals surface area contributed by atoms with Gasteiger partial charge in [-0.05, 0) is 53.6 Å². The fourth-order valence-electron chi connectivity index (χ4n) is 2.49. The quantitative estimate of drug-likeness (QED) is 0.873. The Hall–Kier alpha value is -1.67. The second-order valence-electron chi connectivity index (χ2n) is 5.75. The van der Waals surface area contributed by atoms with Gasteiger partial charge in [0.05, 0.1) is 0 Å². The average Bonchev–Trinajstić information content (AvgIpc) is 2.37. The highest BCUT2D eigenvalue weighted by atomic mass is 19.1. The van der Waals surface area contributed by atoms with Crippen molar-refractivity contribution in [2.24, 2.45) is 5.92 Å². The van der Waals surface area contributed by atoms with Crippen molar-refractivity contribution in [1.29, 1.82) is 0 Å². The molecule has 106 valence electrons. The van der Waals surface area contributed by atoms with E-state index in [2.05, 4.69) is 19.9 Å². The summed E-state index contributed by atoms with van der Waals surface area (Å²) in [4.78, 5) is 0. The van der Waals surface area contributed by atoms with Crippen LogP contribution in [0.2, 0.25) is 0 Å². The van der Waals surface area contributed by atoms with E-state index in [1.807, 2.05) is 25.1 Å². The van der Waals surface area contributed by atoms with Crippen molar-refractivity contribution in [2.45, 2.75) is 33.3 Å². The molecule has 0 amide bonds. The first-order valence-electron chi connectivity index (χ1n) is 7.00. The molecule has 0 radical (unpaired) electrons. The highest BCUT2D eigenvalue weighted by Gasteiger charge is 2.14. The SMILES string of the molecule is Cc1cc(F)ccc1C(O)c1cccc(CC(C)C)c1. The van der Waals surface area contributed by atoms with Gasteiger partial charge in [-0.15, -0.1) is 0 Å². The van der Waals surface area contributed by atoms with E-state index in [-0.39, 0.29) is 5.82 Å². The van der Waals surface area contributed by atoms with Crippen LogP contribution in [0.15, 0.2) is 42.5 Å². The van der Waals surface area contributed by atoms with Crippen LogP contribution in [0.25, 0.3) is 0 Å². The Morgan fingerprint density at radius 3 is 2.50 bits per heavy atom. The number of halogens is 1. The van der Waals surface area contributed by atoms with Gasteiger partial charge in [0.1, 0.15) is 11.9 Å². The molecule has 0 fully saturated rings. The molecule has 0 saturated carbocycles. The van der Waals surface area contributed by atoms with E-state index >= 15 is 0 Å². The van der Waals surface area contributed by atoms with Gasteiger partial charge in [-0.25, -0.2) is 4.39 Å². The van der Waals surface area contributed by atoms with Gasteiger partial charge in [0.25, 0.3) is 0 Å². The van der Waals surface area contributed by atoms with Crippen LogP contribution in [-0.2, 0) is 6.42 Å². The number of aliphatic hydroxyl groups excluding tert-OH is 1. The molecule has 2 aromatic rings. The minimum Gasteiger partial charge on any atom is -0.384 e. The Morgan fingerprint density at radius 2 is 1.85 bits per heavy atom. The lowest BCUT2D eigenvalue weighted by Crippen LogP contribution is -2.04. The first-order valence-corrected chi connectivity index (χ1v) is 7.00. The smallest absolute Gasteiger partial charge is 0.123 e. The number of benzene rings is 2. The number of rotatable bonds is 4. The zero-order valence-corrected chi connectivity index (χ0v) is 12.2. The summed E-state index contributed by atoms with van der Waals surface area (Å²) in [5.74, 6) is 0.307. The summed E-state index contributed by atoms with van der Waals surface area (Å²) in [6, 6.07) is 12.5. The van der Waals surface area contributed by atoms with Crippen LogP contribution in [0.1, 0.15) is 42.2 Å². The van der Waals surface area contributed by atoms with Crippen molar-refractivity contribution >= 4 is 0 Å². The van der Waals surface area contributed by atoms with Crippen LogP contribution in [0.3, 0.4) is 0 Å². The second-order valence-corrected chi connectivity index (χ2v) is 5.75. The fourth-order valence-corrected chi connectivity index (χ4v) is 2.49. The maximum Gasteiger partial charge on any atom is 0.123 e. The van der Waals surface area contributed by atoms with E-state index in [1.54, 1.807) is 6.07 Å². The normalized spacial score (nSPS) is 12.7. The van der Waals surface area contributed by atoms with E-state index in [0.29, 0.717) is 5.92 Å². The van der Waals surface area contributed by atoms with Crippen LogP contribution in [-0.4, -0.2) is 5.11 Å². The number of hydrogen-bond donors (Lipinski definition) is 1. The molecular weight excluding hydrogens is 251 g/mol. The first kappa shape index (κ1) is 14.7. The van der Waals surface area contributed by atoms with E-state index in [0.717, 1.165) is 23.1 Å². The molecule has 0 aliphatic carbocycles. The van der Waals surface area contributed by atoms with E-state index in [4.69, 9.17) is 0 Å². The third-order valence-electron chi connectivity index (χ3n) is 3.44. The van der Waals surface area contributed by atoms with Crippen molar-refractivity contribution in [3.8, 4) is 0 Å². The molecular formula is C18H21FO. The van der Waals surface area contributed by atoms with Crippen molar-refractivity contribution in [3.05, 3.63) is 70.5 Å². The number of aryl methyl sites for hydroxylation is 1. The largest absolute Gasteiger partial charge is 0.384 e. The monoisotopic (exact) mass is 272 g/mol. The second kappa shape index (κ2) is 6.19. The van der Waals surface area contributed by atoms with E-state index in [9.17, 15) is 9.50 Å². The molecule has 1 atom stereocenters. The molecule has 1 nitrogen and oxygen atoms in total. The van der Waals surface area contributed by atoms with Crippen molar-refractivity contribution in [1.82, 2.24) is 0 Å². The van der Waals surface area contributed by atoms with Crippen LogP contribution >= 0.6 is 0 Å². The Balaban J connectivity index is 2.30. The Kier molecular flexibility index (Phi) is 4.56. The molecule has 2 rings (SSSR count). The van der Waals surface area contributed by atoms with Gasteiger partial charge in [0.15, 0.2) is 0 Å². The molecule has 2 heteroatoms. The van der Waals surface area contributed by atoms with E-state index in [1.165, 1.54) is 17.7 Å². The molecule has 0 heterocycles. The van der Waals surface area contributed by atoms with Gasteiger partial charge < -0.3 is 5.11 Å². The highest BCUT2D eigenvalue weighted by Crippen LogP contribution is 2.26. The maximum atomic E-state index is 13.1. The maximum absolute atomic E-state index is 13.1. The van der Waals surface area contributed by atoms with Crippen LogP contribution in [0.5, 0.6) is 0 Å². The Morgan fingerprint density at radius 1 is 1.10 bits per heavy atom. The highest BCUT2D eigenvalue weighted by molar-refractivity contribution is 5.37. The molecule has 0 aliphatic rings. The lowest BCUT2D eigenvalue weighted by Gasteiger charge is -2.16. The zero-order chi connectivity index (χ0) is 14.7. The molecule has 0 bridgehead atoms. The summed E-state index contributed by atoms with van der Waals surface area (Å²) in [6.07, 6.45) is 0.283. The van der Waals surface area contributed by atoms with Crippen LogP contribution < -0.4 is 0 Å². The topological polar surface area (TPSA) is 20.2 Å². The average molecular weight is 272 g/mol. The fraction of sp³-hybridized carbons (Fsp3) is 0.333. The van der Waals surface area contributed by atoms with Crippen molar-refractivity contribution < 1.29 is 9.50 Å². The number of hydrogen-bond acceptors (Lipinski definition) is 1. The third kappa shape index (κ3) is 3.45. The first-order chi connectivity index (χ1) is 9.47. The standard InChI is InChI=1S/C18H21FO/c1-12(2)9-14-5-4-6-15(11-14)18(20)17-8-7-16(19)10-13(17)3/h4-8,10-12,18,20H,9H2,1-3H3. The predicted molar refractivity (Wildman–Crippen MR) is 80.2 cm³/mol. The van der Waals surface area contributed by atoms with Crippen molar-refractivity contribution in [3.63, 3.8) is 0 Å². The minimum absolute atomic E-state index is 0.271. The van der Waals surface area contributed by atoms with Crippen LogP contribution in [0.4, 0.5) is 4.39 Å². The van der Waals surface area contributed by atoms with Gasteiger partial charge in [-0.2, -0.15) is 0 Å². The number of aliphatic hydroxyl groups is 1. The van der Waals surface area contributed by atoms with Gasteiger partial charge in [-0.3, -0.25) is 0 Å². The van der Waals surface area contributed by atoms with Gasteiger partial charge >= 0.3 is 0 Å². The summed E-state index contributed by atoms with van der Waals surface area (Å²) in [6.45, 7) is 6.17. The third-order valence-corrected chi connectivity index (χ3v) is 3.44. The predicted octanol–water partition coefficient (Wildman–Crippen LogP) is 4.41. The molecule has 2 aromatic carbocycles. The van der Waals surface area contributed by atoms with Crippen molar-refractivity contribution in [2.75, 3.05) is 0 Å². The summed E-state index contributed by atoms with van der Waals surface area (Å²) in [5, 5.41) is 10.5. The molecule has 0 aliphatic heterocycles. The lowest BCUT2D eigenvalue weighted by atomic mass is 9.94. The molecule has 1 unspecified atom stereocenters. The lowest BCUT2D eigenvalue weighted by molar-refractivity contribution is 0.219.